The number of nitrogens with one attached hydrogen (secondary N) is 1. The van der Waals surface area contributed by atoms with Crippen LogP contribution in [-0.2, 0) is 24.9 Å². The summed E-state index contributed by atoms with van der Waals surface area (Å²) in [4.78, 5) is 27.7. The van der Waals surface area contributed by atoms with Crippen LogP contribution in [0.25, 0.3) is 0 Å². The summed E-state index contributed by atoms with van der Waals surface area (Å²) in [6.07, 6.45) is 1.88. The SMILES string of the molecule is COc1ccc(CNC(=O)[C@@H]2CN(C(=O)c3ccccc3)Cc3cn(C)nc32)cc1. The number of carbonyl (C=O) groups is 2. The van der Waals surface area contributed by atoms with Crippen LogP contribution >= 0.6 is 0 Å². The number of aryl methyl sites for hydroxylation is 1. The predicted octanol–water partition coefficient (Wildman–Crippen LogP) is 2.48. The van der Waals surface area contributed by atoms with E-state index in [1.165, 1.54) is 0 Å². The topological polar surface area (TPSA) is 76.5 Å². The Bertz CT molecular complexity index is 1040. The minimum absolute atomic E-state index is 0.0851. The van der Waals surface area contributed by atoms with Crippen LogP contribution in [0.15, 0.2) is 60.8 Å². The van der Waals surface area contributed by atoms with Crippen molar-refractivity contribution in [2.45, 2.75) is 19.0 Å². The van der Waals surface area contributed by atoms with Gasteiger partial charge in [-0.2, -0.15) is 5.10 Å². The normalized spacial score (nSPS) is 15.4. The lowest BCUT2D eigenvalue weighted by Crippen LogP contribution is -2.43. The van der Waals surface area contributed by atoms with E-state index in [-0.39, 0.29) is 11.8 Å². The molecule has 1 aromatic heterocycles. The highest BCUT2D eigenvalue weighted by molar-refractivity contribution is 5.95. The highest BCUT2D eigenvalue weighted by atomic mass is 16.5. The molecule has 0 unspecified atom stereocenters. The van der Waals surface area contributed by atoms with Crippen molar-refractivity contribution in [3.63, 3.8) is 0 Å². The van der Waals surface area contributed by atoms with E-state index in [0.717, 1.165) is 22.6 Å². The second-order valence-corrected chi connectivity index (χ2v) is 7.38. The van der Waals surface area contributed by atoms with Gasteiger partial charge in [-0.05, 0) is 29.8 Å². The Hall–Kier alpha value is -3.61. The molecule has 0 saturated carbocycles. The molecule has 2 aromatic carbocycles. The third-order valence-electron chi connectivity index (χ3n) is 5.28. The van der Waals surface area contributed by atoms with E-state index in [4.69, 9.17) is 4.74 Å². The van der Waals surface area contributed by atoms with Crippen LogP contribution in [0.4, 0.5) is 0 Å². The number of hydrogen-bond donors (Lipinski definition) is 1. The molecule has 154 valence electrons. The predicted molar refractivity (Wildman–Crippen MR) is 112 cm³/mol. The van der Waals surface area contributed by atoms with Gasteiger partial charge in [0.1, 0.15) is 5.75 Å². The monoisotopic (exact) mass is 404 g/mol. The van der Waals surface area contributed by atoms with Gasteiger partial charge in [0, 0.05) is 44.0 Å². The van der Waals surface area contributed by atoms with Crippen molar-refractivity contribution in [3.05, 3.63) is 83.2 Å². The lowest BCUT2D eigenvalue weighted by molar-refractivity contribution is -0.123. The molecule has 4 rings (SSSR count). The summed E-state index contributed by atoms with van der Waals surface area (Å²) >= 11 is 0. The molecule has 1 atom stereocenters. The van der Waals surface area contributed by atoms with Crippen LogP contribution in [0.5, 0.6) is 5.75 Å². The van der Waals surface area contributed by atoms with Crippen LogP contribution in [0.3, 0.4) is 0 Å². The smallest absolute Gasteiger partial charge is 0.254 e. The molecule has 3 aromatic rings. The van der Waals surface area contributed by atoms with Crippen molar-refractivity contribution < 1.29 is 14.3 Å². The highest BCUT2D eigenvalue weighted by Gasteiger charge is 2.35. The van der Waals surface area contributed by atoms with Crippen molar-refractivity contribution in [2.24, 2.45) is 7.05 Å². The Morgan fingerprint density at radius 2 is 1.87 bits per heavy atom. The average molecular weight is 404 g/mol. The largest absolute Gasteiger partial charge is 0.497 e. The third kappa shape index (κ3) is 4.05. The number of fused-ring (bicyclic) bond motifs is 1. The molecule has 0 aliphatic carbocycles. The molecule has 30 heavy (non-hydrogen) atoms. The van der Waals surface area contributed by atoms with Gasteiger partial charge in [-0.25, -0.2) is 0 Å². The lowest BCUT2D eigenvalue weighted by atomic mass is 9.95. The van der Waals surface area contributed by atoms with E-state index in [0.29, 0.717) is 25.2 Å². The Kier molecular flexibility index (Phi) is 5.52. The van der Waals surface area contributed by atoms with Gasteiger partial charge in [-0.15, -0.1) is 0 Å². The fourth-order valence-corrected chi connectivity index (χ4v) is 3.73. The van der Waals surface area contributed by atoms with Crippen LogP contribution in [0.1, 0.15) is 33.1 Å². The first-order chi connectivity index (χ1) is 14.5. The Morgan fingerprint density at radius 3 is 2.57 bits per heavy atom. The maximum absolute atomic E-state index is 13.0. The fourth-order valence-electron chi connectivity index (χ4n) is 3.73. The zero-order valence-electron chi connectivity index (χ0n) is 17.0. The van der Waals surface area contributed by atoms with Gasteiger partial charge in [0.25, 0.3) is 5.91 Å². The minimum Gasteiger partial charge on any atom is -0.497 e. The molecule has 0 radical (unpaired) electrons. The lowest BCUT2D eigenvalue weighted by Gasteiger charge is -2.31. The standard InChI is InChI=1S/C23H24N4O3/c1-26-13-18-14-27(23(29)17-6-4-3-5-7-17)15-20(21(18)25-26)22(28)24-12-16-8-10-19(30-2)11-9-16/h3-11,13,20H,12,14-15H2,1-2H3,(H,24,28)/t20-/m1/s1. The van der Waals surface area contributed by atoms with Crippen molar-refractivity contribution >= 4 is 11.8 Å². The maximum Gasteiger partial charge on any atom is 0.254 e. The van der Waals surface area contributed by atoms with Gasteiger partial charge in [0.05, 0.1) is 18.7 Å². The van der Waals surface area contributed by atoms with Crippen LogP contribution < -0.4 is 10.1 Å². The molecule has 0 saturated heterocycles. The number of aromatic nitrogens is 2. The summed E-state index contributed by atoms with van der Waals surface area (Å²) in [6.45, 7) is 1.14. The number of benzene rings is 2. The average Bonchev–Trinajstić information content (AvgIpc) is 3.17. The second kappa shape index (κ2) is 8.41. The minimum atomic E-state index is -0.513. The molecule has 1 aliphatic rings. The first kappa shape index (κ1) is 19.7. The molecular weight excluding hydrogens is 380 g/mol. The molecule has 7 heteroatoms. The molecule has 0 bridgehead atoms. The molecular formula is C23H24N4O3. The summed E-state index contributed by atoms with van der Waals surface area (Å²) in [7, 11) is 3.45. The van der Waals surface area contributed by atoms with Crippen LogP contribution in [-0.4, -0.2) is 40.1 Å². The quantitative estimate of drug-likeness (QED) is 0.709. The van der Waals surface area contributed by atoms with E-state index >= 15 is 0 Å². The van der Waals surface area contributed by atoms with Crippen LogP contribution in [0, 0.1) is 0 Å². The van der Waals surface area contributed by atoms with E-state index in [2.05, 4.69) is 10.4 Å². The second-order valence-electron chi connectivity index (χ2n) is 7.38. The summed E-state index contributed by atoms with van der Waals surface area (Å²) in [6, 6.07) is 16.7. The fraction of sp³-hybridized carbons (Fsp3) is 0.261. The number of rotatable bonds is 5. The number of nitrogens with zero attached hydrogens (tertiary/aromatic N) is 3. The highest BCUT2D eigenvalue weighted by Crippen LogP contribution is 2.28. The molecule has 2 amide bonds. The number of amides is 2. The number of methoxy groups -OCH3 is 1. The Labute approximate surface area is 175 Å². The number of ether oxygens (including phenoxy) is 1. The Morgan fingerprint density at radius 1 is 1.13 bits per heavy atom. The van der Waals surface area contributed by atoms with E-state index in [1.54, 1.807) is 28.8 Å². The molecule has 0 spiro atoms. The summed E-state index contributed by atoms with van der Waals surface area (Å²) in [5, 5.41) is 7.49. The molecule has 1 N–H and O–H groups in total. The first-order valence-corrected chi connectivity index (χ1v) is 9.82. The van der Waals surface area contributed by atoms with E-state index in [9.17, 15) is 9.59 Å². The Balaban J connectivity index is 1.51. The zero-order valence-corrected chi connectivity index (χ0v) is 17.0. The van der Waals surface area contributed by atoms with E-state index in [1.807, 2.05) is 55.7 Å². The van der Waals surface area contributed by atoms with Gasteiger partial charge in [0.15, 0.2) is 0 Å². The van der Waals surface area contributed by atoms with E-state index < -0.39 is 5.92 Å². The van der Waals surface area contributed by atoms with Gasteiger partial charge in [-0.1, -0.05) is 30.3 Å². The summed E-state index contributed by atoms with van der Waals surface area (Å²) in [5.74, 6) is 0.0285. The van der Waals surface area contributed by atoms with Crippen molar-refractivity contribution in [1.82, 2.24) is 20.0 Å². The van der Waals surface area contributed by atoms with Crippen molar-refractivity contribution in [2.75, 3.05) is 13.7 Å². The maximum atomic E-state index is 13.0. The van der Waals surface area contributed by atoms with Crippen LogP contribution in [0.2, 0.25) is 0 Å². The third-order valence-corrected chi connectivity index (χ3v) is 5.28. The summed E-state index contributed by atoms with van der Waals surface area (Å²) in [5.41, 5.74) is 3.22. The van der Waals surface area contributed by atoms with Gasteiger partial charge >= 0.3 is 0 Å². The van der Waals surface area contributed by atoms with Gasteiger partial charge < -0.3 is 15.0 Å². The van der Waals surface area contributed by atoms with Crippen molar-refractivity contribution in [3.8, 4) is 5.75 Å². The summed E-state index contributed by atoms with van der Waals surface area (Å²) < 4.78 is 6.87. The first-order valence-electron chi connectivity index (χ1n) is 9.82. The van der Waals surface area contributed by atoms with Gasteiger partial charge in [-0.3, -0.25) is 14.3 Å². The van der Waals surface area contributed by atoms with Gasteiger partial charge in [0.2, 0.25) is 5.91 Å². The molecule has 0 fully saturated rings. The number of carbonyl (C=O) groups excluding carboxylic acids is 2. The molecule has 7 nitrogen and oxygen atoms in total. The number of hydrogen-bond acceptors (Lipinski definition) is 4. The molecule has 1 aliphatic heterocycles. The zero-order chi connectivity index (χ0) is 21.1. The van der Waals surface area contributed by atoms with Crippen molar-refractivity contribution in [1.29, 1.82) is 0 Å². The molecule has 2 heterocycles.